The van der Waals surface area contributed by atoms with E-state index >= 15 is 0 Å². The molecular formula is C19H22FN3O3. The first-order chi connectivity index (χ1) is 12.4. The van der Waals surface area contributed by atoms with Gasteiger partial charge in [-0.3, -0.25) is 4.79 Å². The summed E-state index contributed by atoms with van der Waals surface area (Å²) in [4.78, 5) is 25.8. The van der Waals surface area contributed by atoms with Crippen LogP contribution in [0.25, 0.3) is 10.9 Å². The maximum Gasteiger partial charge on any atom is 0.341 e. The highest BCUT2D eigenvalue weighted by atomic mass is 19.1. The van der Waals surface area contributed by atoms with Crippen LogP contribution in [0, 0.1) is 11.7 Å². The van der Waals surface area contributed by atoms with E-state index in [1.807, 2.05) is 9.47 Å². The van der Waals surface area contributed by atoms with Gasteiger partial charge in [-0.2, -0.15) is 0 Å². The van der Waals surface area contributed by atoms with E-state index in [2.05, 4.69) is 6.92 Å². The number of nitrogens with zero attached hydrogens (tertiary/aromatic N) is 2. The lowest BCUT2D eigenvalue weighted by molar-refractivity contribution is 0.0695. The number of benzene rings is 1. The van der Waals surface area contributed by atoms with E-state index in [9.17, 15) is 19.1 Å². The number of nitrogens with two attached hydrogens (primary N) is 1. The minimum Gasteiger partial charge on any atom is -0.477 e. The van der Waals surface area contributed by atoms with E-state index in [0.29, 0.717) is 30.2 Å². The van der Waals surface area contributed by atoms with Gasteiger partial charge in [0.05, 0.1) is 11.2 Å². The van der Waals surface area contributed by atoms with Crippen LogP contribution in [0.3, 0.4) is 0 Å². The van der Waals surface area contributed by atoms with Gasteiger partial charge in [-0.05, 0) is 30.9 Å². The monoisotopic (exact) mass is 359 g/mol. The van der Waals surface area contributed by atoms with E-state index in [-0.39, 0.29) is 23.0 Å². The lowest BCUT2D eigenvalue weighted by atomic mass is 10.0. The quantitative estimate of drug-likeness (QED) is 0.875. The zero-order valence-electron chi connectivity index (χ0n) is 14.6. The number of carboxylic acids is 1. The number of hydrogen-bond acceptors (Lipinski definition) is 4. The second-order valence-corrected chi connectivity index (χ2v) is 7.37. The van der Waals surface area contributed by atoms with E-state index in [1.54, 1.807) is 6.07 Å². The average Bonchev–Trinajstić information content (AvgIpc) is 3.37. The summed E-state index contributed by atoms with van der Waals surface area (Å²) in [6.07, 6.45) is 4.19. The fourth-order valence-corrected chi connectivity index (χ4v) is 3.93. The Balaban J connectivity index is 1.89. The molecule has 2 fully saturated rings. The molecule has 1 aromatic heterocycles. The minimum absolute atomic E-state index is 0.00453. The van der Waals surface area contributed by atoms with Crippen molar-refractivity contribution in [2.24, 2.45) is 11.7 Å². The van der Waals surface area contributed by atoms with E-state index in [1.165, 1.54) is 12.3 Å². The van der Waals surface area contributed by atoms with Crippen molar-refractivity contribution >= 4 is 22.6 Å². The van der Waals surface area contributed by atoms with Gasteiger partial charge in [0.15, 0.2) is 0 Å². The van der Waals surface area contributed by atoms with Gasteiger partial charge in [0.25, 0.3) is 0 Å². The molecule has 1 aliphatic heterocycles. The number of halogens is 1. The molecule has 1 saturated carbocycles. The highest BCUT2D eigenvalue weighted by Crippen LogP contribution is 2.38. The number of anilines is 1. The second-order valence-electron chi connectivity index (χ2n) is 7.37. The number of carbonyl (C=O) groups is 1. The first-order valence-corrected chi connectivity index (χ1v) is 9.03. The Hall–Kier alpha value is -2.41. The highest BCUT2D eigenvalue weighted by Gasteiger charge is 2.32. The molecule has 1 aliphatic carbocycles. The Morgan fingerprint density at radius 1 is 1.35 bits per heavy atom. The Labute approximate surface area is 150 Å². The molecular weight excluding hydrogens is 337 g/mol. The van der Waals surface area contributed by atoms with Gasteiger partial charge in [-0.1, -0.05) is 13.3 Å². The Morgan fingerprint density at radius 2 is 2.08 bits per heavy atom. The van der Waals surface area contributed by atoms with Gasteiger partial charge in [0.1, 0.15) is 11.4 Å². The third kappa shape index (κ3) is 2.67. The third-order valence-corrected chi connectivity index (χ3v) is 5.63. The number of hydrogen-bond donors (Lipinski definition) is 2. The molecule has 2 aromatic rings. The van der Waals surface area contributed by atoms with Crippen molar-refractivity contribution in [3.63, 3.8) is 0 Å². The zero-order chi connectivity index (χ0) is 18.6. The number of rotatable bonds is 4. The summed E-state index contributed by atoms with van der Waals surface area (Å²) in [7, 11) is 0. The Morgan fingerprint density at radius 3 is 2.65 bits per heavy atom. The summed E-state index contributed by atoms with van der Waals surface area (Å²) < 4.78 is 16.6. The van der Waals surface area contributed by atoms with Crippen molar-refractivity contribution in [1.29, 1.82) is 0 Å². The molecule has 0 amide bonds. The highest BCUT2D eigenvalue weighted by molar-refractivity contribution is 5.93. The van der Waals surface area contributed by atoms with Crippen LogP contribution in [0.5, 0.6) is 0 Å². The smallest absolute Gasteiger partial charge is 0.341 e. The van der Waals surface area contributed by atoms with E-state index in [0.717, 1.165) is 19.3 Å². The number of aromatic carboxylic acids is 1. The number of carboxylic acid groups (broad SMARTS) is 1. The number of fused-ring (bicyclic) bond motifs is 1. The van der Waals surface area contributed by atoms with E-state index in [4.69, 9.17) is 5.73 Å². The largest absolute Gasteiger partial charge is 0.477 e. The topological polar surface area (TPSA) is 88.6 Å². The van der Waals surface area contributed by atoms with Crippen molar-refractivity contribution in [2.45, 2.75) is 38.3 Å². The van der Waals surface area contributed by atoms with Crippen molar-refractivity contribution in [2.75, 3.05) is 18.0 Å². The van der Waals surface area contributed by atoms with Gasteiger partial charge in [0.2, 0.25) is 5.43 Å². The van der Waals surface area contributed by atoms with Crippen LogP contribution in [-0.2, 0) is 0 Å². The van der Waals surface area contributed by atoms with Crippen LogP contribution in [-0.4, -0.2) is 34.8 Å². The first kappa shape index (κ1) is 17.0. The van der Waals surface area contributed by atoms with Crippen LogP contribution < -0.4 is 16.1 Å². The van der Waals surface area contributed by atoms with E-state index < -0.39 is 17.2 Å². The van der Waals surface area contributed by atoms with Crippen LogP contribution >= 0.6 is 0 Å². The Kier molecular flexibility index (Phi) is 3.99. The predicted molar refractivity (Wildman–Crippen MR) is 97.4 cm³/mol. The molecule has 3 N–H and O–H groups in total. The third-order valence-electron chi connectivity index (χ3n) is 5.63. The molecule has 1 saturated heterocycles. The van der Waals surface area contributed by atoms with Crippen LogP contribution in [0.15, 0.2) is 23.1 Å². The molecule has 2 atom stereocenters. The van der Waals surface area contributed by atoms with Crippen molar-refractivity contribution in [3.8, 4) is 0 Å². The fraction of sp³-hybridized carbons (Fsp3) is 0.474. The molecule has 4 rings (SSSR count). The van der Waals surface area contributed by atoms with Crippen molar-refractivity contribution in [1.82, 2.24) is 4.57 Å². The van der Waals surface area contributed by atoms with Gasteiger partial charge in [-0.15, -0.1) is 0 Å². The van der Waals surface area contributed by atoms with Gasteiger partial charge in [0, 0.05) is 36.8 Å². The van der Waals surface area contributed by atoms with Gasteiger partial charge in [-0.25, -0.2) is 9.18 Å². The predicted octanol–water partition coefficient (Wildman–Crippen LogP) is 2.35. The molecule has 7 heteroatoms. The molecule has 2 aliphatic rings. The zero-order valence-corrected chi connectivity index (χ0v) is 14.6. The van der Waals surface area contributed by atoms with Crippen molar-refractivity contribution in [3.05, 3.63) is 39.9 Å². The molecule has 6 nitrogen and oxygen atoms in total. The van der Waals surface area contributed by atoms with Crippen LogP contribution in [0.1, 0.15) is 42.6 Å². The van der Waals surface area contributed by atoms with Crippen molar-refractivity contribution < 1.29 is 14.3 Å². The molecule has 26 heavy (non-hydrogen) atoms. The second kappa shape index (κ2) is 6.09. The maximum absolute atomic E-state index is 14.8. The Bertz CT molecular complexity index is 951. The van der Waals surface area contributed by atoms with Crippen LogP contribution in [0.4, 0.5) is 10.1 Å². The number of aromatic nitrogens is 1. The standard InChI is InChI=1S/C19H22FN3O3/c1-2-10-7-22(9-15(10)21)17-6-16-12(5-14(17)20)18(24)13(19(25)26)8-23(16)11-3-4-11/h5-6,8,10-11,15H,2-4,7,9,21H2,1H3,(H,25,26)/t10-,15+/m0/s1. The average molecular weight is 359 g/mol. The lowest BCUT2D eigenvalue weighted by Gasteiger charge is -2.21. The summed E-state index contributed by atoms with van der Waals surface area (Å²) in [5.41, 5.74) is 6.23. The first-order valence-electron chi connectivity index (χ1n) is 9.03. The molecule has 0 spiro atoms. The molecule has 138 valence electrons. The van der Waals surface area contributed by atoms with Gasteiger partial charge < -0.3 is 20.3 Å². The molecule has 2 heterocycles. The summed E-state index contributed by atoms with van der Waals surface area (Å²) in [5, 5.41) is 9.42. The lowest BCUT2D eigenvalue weighted by Crippen LogP contribution is -2.29. The molecule has 0 bridgehead atoms. The molecule has 1 aromatic carbocycles. The summed E-state index contributed by atoms with van der Waals surface area (Å²) in [5.74, 6) is -1.49. The molecule has 0 unspecified atom stereocenters. The summed E-state index contributed by atoms with van der Waals surface area (Å²) in [6, 6.07) is 3.03. The van der Waals surface area contributed by atoms with Crippen LogP contribution in [0.2, 0.25) is 0 Å². The summed E-state index contributed by atoms with van der Waals surface area (Å²) >= 11 is 0. The number of pyridine rings is 1. The minimum atomic E-state index is -1.29. The maximum atomic E-state index is 14.8. The summed E-state index contributed by atoms with van der Waals surface area (Å²) in [6.45, 7) is 3.33. The normalized spacial score (nSPS) is 23.0. The fourth-order valence-electron chi connectivity index (χ4n) is 3.93. The molecule has 0 radical (unpaired) electrons. The SMILES string of the molecule is CC[C@H]1CN(c2cc3c(cc2F)c(=O)c(C(=O)O)cn3C2CC2)C[C@H]1N. The van der Waals surface area contributed by atoms with Gasteiger partial charge >= 0.3 is 5.97 Å².